The third-order valence-corrected chi connectivity index (χ3v) is 5.23. The number of aromatic amines is 1. The Morgan fingerprint density at radius 1 is 1.08 bits per heavy atom. The van der Waals surface area contributed by atoms with Crippen molar-refractivity contribution in [2.45, 2.75) is 51.9 Å². The molecular weight excluding hydrogens is 342 g/mol. The molecule has 0 unspecified atom stereocenters. The van der Waals surface area contributed by atoms with Gasteiger partial charge in [-0.2, -0.15) is 10.1 Å². The number of aromatic nitrogens is 2. The van der Waals surface area contributed by atoms with Crippen LogP contribution in [0.2, 0.25) is 0 Å². The van der Waals surface area contributed by atoms with Gasteiger partial charge in [0.25, 0.3) is 5.89 Å². The van der Waals surface area contributed by atoms with Gasteiger partial charge in [-0.25, -0.2) is 13.2 Å². The molecule has 8 heteroatoms. The molecular formula is C17H25N3O4S. The first-order valence-electron chi connectivity index (χ1n) is 8.67. The van der Waals surface area contributed by atoms with Crippen LogP contribution >= 0.6 is 0 Å². The molecule has 1 aromatic heterocycles. The monoisotopic (exact) mass is 367 g/mol. The summed E-state index contributed by atoms with van der Waals surface area (Å²) in [5.41, 5.74) is 0.153. The molecule has 0 aliphatic rings. The van der Waals surface area contributed by atoms with Gasteiger partial charge in [0.05, 0.1) is 17.0 Å². The lowest BCUT2D eigenvalue weighted by molar-refractivity contribution is 0.424. The van der Waals surface area contributed by atoms with E-state index in [1.807, 2.05) is 0 Å². The summed E-state index contributed by atoms with van der Waals surface area (Å²) in [5, 5.41) is 2.10. The summed E-state index contributed by atoms with van der Waals surface area (Å²) in [6, 6.07) is 6.69. The third-order valence-electron chi connectivity index (χ3n) is 3.88. The van der Waals surface area contributed by atoms with E-state index in [0.717, 1.165) is 19.3 Å². The van der Waals surface area contributed by atoms with E-state index in [1.165, 1.54) is 19.3 Å². The minimum absolute atomic E-state index is 0.0548. The molecule has 25 heavy (non-hydrogen) atoms. The van der Waals surface area contributed by atoms with E-state index in [1.54, 1.807) is 24.3 Å². The molecule has 0 aliphatic carbocycles. The summed E-state index contributed by atoms with van der Waals surface area (Å²) in [6.07, 6.45) is 7.39. The Hall–Kier alpha value is -2.09. The molecule has 0 radical (unpaired) electrons. The van der Waals surface area contributed by atoms with Crippen molar-refractivity contribution in [1.82, 2.24) is 10.1 Å². The quantitative estimate of drug-likeness (QED) is 0.591. The first-order valence-corrected chi connectivity index (χ1v) is 10.3. The molecule has 0 aliphatic heterocycles. The number of nitrogens with one attached hydrogen (secondary N) is 2. The number of nitrogens with zero attached hydrogens (tertiary/aromatic N) is 1. The smallest absolute Gasteiger partial charge is 0.357 e. The van der Waals surface area contributed by atoms with E-state index < -0.39 is 15.7 Å². The number of benzene rings is 1. The van der Waals surface area contributed by atoms with Gasteiger partial charge in [-0.05, 0) is 18.6 Å². The second kappa shape index (κ2) is 9.41. The summed E-state index contributed by atoms with van der Waals surface area (Å²) in [6.45, 7) is 2.17. The van der Waals surface area contributed by atoms with Gasteiger partial charge >= 0.3 is 5.69 Å². The summed E-state index contributed by atoms with van der Waals surface area (Å²) in [4.78, 5) is 14.8. The van der Waals surface area contributed by atoms with Crippen molar-refractivity contribution >= 4 is 15.7 Å². The van der Waals surface area contributed by atoms with Gasteiger partial charge in [-0.1, -0.05) is 57.6 Å². The molecule has 0 fully saturated rings. The number of para-hydroxylation sites is 1. The molecule has 1 aromatic carbocycles. The van der Waals surface area contributed by atoms with Crippen molar-refractivity contribution in [2.24, 2.45) is 0 Å². The predicted molar refractivity (Wildman–Crippen MR) is 98.0 cm³/mol. The van der Waals surface area contributed by atoms with E-state index in [0.29, 0.717) is 17.7 Å². The minimum Gasteiger partial charge on any atom is -0.357 e. The van der Waals surface area contributed by atoms with Gasteiger partial charge in [0.15, 0.2) is 0 Å². The van der Waals surface area contributed by atoms with Gasteiger partial charge in [0.2, 0.25) is 10.0 Å². The van der Waals surface area contributed by atoms with Gasteiger partial charge in [0, 0.05) is 0 Å². The van der Waals surface area contributed by atoms with Crippen LogP contribution in [0.3, 0.4) is 0 Å². The highest BCUT2D eigenvalue weighted by molar-refractivity contribution is 7.92. The summed E-state index contributed by atoms with van der Waals surface area (Å²) in [7, 11) is -3.46. The topological polar surface area (TPSA) is 105 Å². The number of anilines is 1. The number of unbranched alkanes of at least 4 members (excludes halogenated alkanes) is 6. The standard InChI is InChI=1S/C17H25N3O4S/c1-2-3-4-5-6-7-10-13-25(22,23)20-15-12-9-8-11-14(15)16-18-17(21)19-24-16/h8-9,11-12,20H,2-7,10,13H2,1H3,(H,19,21). The minimum atomic E-state index is -3.46. The van der Waals surface area contributed by atoms with E-state index >= 15 is 0 Å². The fraction of sp³-hybridized carbons (Fsp3) is 0.529. The molecule has 0 saturated heterocycles. The van der Waals surface area contributed by atoms with Crippen molar-refractivity contribution in [2.75, 3.05) is 10.5 Å². The van der Waals surface area contributed by atoms with E-state index in [2.05, 4.69) is 21.8 Å². The fourth-order valence-electron chi connectivity index (χ4n) is 2.57. The van der Waals surface area contributed by atoms with E-state index in [4.69, 9.17) is 4.52 Å². The number of H-pyrrole nitrogens is 1. The van der Waals surface area contributed by atoms with Crippen LogP contribution in [-0.4, -0.2) is 24.3 Å². The van der Waals surface area contributed by atoms with Gasteiger partial charge < -0.3 is 4.52 Å². The maximum atomic E-state index is 12.3. The van der Waals surface area contributed by atoms with Crippen LogP contribution < -0.4 is 10.4 Å². The molecule has 0 amide bonds. The number of rotatable bonds is 11. The van der Waals surface area contributed by atoms with Gasteiger partial charge in [0.1, 0.15) is 0 Å². The van der Waals surface area contributed by atoms with Crippen molar-refractivity contribution in [1.29, 1.82) is 0 Å². The highest BCUT2D eigenvalue weighted by atomic mass is 32.2. The molecule has 1 heterocycles. The predicted octanol–water partition coefficient (Wildman–Crippen LogP) is 3.52. The van der Waals surface area contributed by atoms with Crippen molar-refractivity contribution in [3.63, 3.8) is 0 Å². The lowest BCUT2D eigenvalue weighted by Crippen LogP contribution is -2.17. The molecule has 0 atom stereocenters. The largest absolute Gasteiger partial charge is 0.377 e. The zero-order valence-electron chi connectivity index (χ0n) is 14.5. The van der Waals surface area contributed by atoms with Crippen LogP contribution in [0.5, 0.6) is 0 Å². The van der Waals surface area contributed by atoms with Crippen LogP contribution in [0.4, 0.5) is 5.69 Å². The number of sulfonamides is 1. The Morgan fingerprint density at radius 2 is 1.76 bits per heavy atom. The summed E-state index contributed by atoms with van der Waals surface area (Å²) < 4.78 is 32.1. The van der Waals surface area contributed by atoms with Gasteiger partial charge in [-0.3, -0.25) is 4.72 Å². The van der Waals surface area contributed by atoms with Crippen LogP contribution in [0, 0.1) is 0 Å². The lowest BCUT2D eigenvalue weighted by Gasteiger charge is -2.10. The summed E-state index contributed by atoms with van der Waals surface area (Å²) >= 11 is 0. The molecule has 2 rings (SSSR count). The molecule has 2 aromatic rings. The average molecular weight is 367 g/mol. The molecule has 2 N–H and O–H groups in total. The van der Waals surface area contributed by atoms with Gasteiger partial charge in [-0.15, -0.1) is 0 Å². The Bertz CT molecular complexity index is 811. The zero-order valence-corrected chi connectivity index (χ0v) is 15.3. The molecule has 7 nitrogen and oxygen atoms in total. The second-order valence-corrected chi connectivity index (χ2v) is 7.86. The molecule has 0 spiro atoms. The lowest BCUT2D eigenvalue weighted by atomic mass is 10.1. The SMILES string of the molecule is CCCCCCCCCS(=O)(=O)Nc1ccccc1-c1nc(=O)[nH]o1. The van der Waals surface area contributed by atoms with Crippen molar-refractivity contribution < 1.29 is 12.9 Å². The molecule has 0 saturated carbocycles. The normalized spacial score (nSPS) is 11.6. The molecule has 138 valence electrons. The second-order valence-electron chi connectivity index (χ2n) is 6.01. The highest BCUT2D eigenvalue weighted by Crippen LogP contribution is 2.26. The zero-order chi connectivity index (χ0) is 18.1. The van der Waals surface area contributed by atoms with Crippen LogP contribution in [0.15, 0.2) is 33.6 Å². The van der Waals surface area contributed by atoms with Crippen molar-refractivity contribution in [3.8, 4) is 11.5 Å². The van der Waals surface area contributed by atoms with Crippen LogP contribution in [-0.2, 0) is 10.0 Å². The maximum Gasteiger partial charge on any atom is 0.377 e. The fourth-order valence-corrected chi connectivity index (χ4v) is 3.77. The van der Waals surface area contributed by atoms with Crippen LogP contribution in [0.1, 0.15) is 51.9 Å². The number of hydrogen-bond acceptors (Lipinski definition) is 5. The first kappa shape index (κ1) is 19.2. The Balaban J connectivity index is 1.91. The van der Waals surface area contributed by atoms with Crippen molar-refractivity contribution in [3.05, 3.63) is 34.7 Å². The van der Waals surface area contributed by atoms with E-state index in [9.17, 15) is 13.2 Å². The summed E-state index contributed by atoms with van der Waals surface area (Å²) in [5.74, 6) is 0.124. The van der Waals surface area contributed by atoms with Crippen LogP contribution in [0.25, 0.3) is 11.5 Å². The Labute approximate surface area is 147 Å². The Morgan fingerprint density at radius 3 is 2.44 bits per heavy atom. The first-order chi connectivity index (χ1) is 12.0. The number of hydrogen-bond donors (Lipinski definition) is 2. The average Bonchev–Trinajstić information content (AvgIpc) is 3.00. The highest BCUT2D eigenvalue weighted by Gasteiger charge is 2.16. The molecule has 0 bridgehead atoms. The Kier molecular flexibility index (Phi) is 7.24. The van der Waals surface area contributed by atoms with E-state index in [-0.39, 0.29) is 11.6 Å². The third kappa shape index (κ3) is 6.38. The maximum absolute atomic E-state index is 12.3.